The highest BCUT2D eigenvalue weighted by Gasteiger charge is 2.46. The van der Waals surface area contributed by atoms with Crippen LogP contribution in [0.3, 0.4) is 0 Å². The van der Waals surface area contributed by atoms with Crippen LogP contribution < -0.4 is 10.6 Å². The molecule has 0 atom stereocenters. The van der Waals surface area contributed by atoms with Crippen molar-refractivity contribution in [1.29, 1.82) is 0 Å². The molecule has 2 aromatic carbocycles. The number of hydrogen-bond acceptors (Lipinski definition) is 1. The third-order valence-electron chi connectivity index (χ3n) is 4.04. The molecule has 2 rings (SSSR count). The molecule has 0 aliphatic heterocycles. The minimum Gasteiger partial charge on any atom is -0.171 e. The van der Waals surface area contributed by atoms with Crippen molar-refractivity contribution in [3.63, 3.8) is 0 Å². The molecule has 0 N–H and O–H groups in total. The Morgan fingerprint density at radius 3 is 1.40 bits per heavy atom. The molecule has 0 fully saturated rings. The van der Waals surface area contributed by atoms with Crippen LogP contribution in [0.15, 0.2) is 60.7 Å². The Labute approximate surface area is 124 Å². The maximum atomic E-state index is 2.68. The minimum absolute atomic E-state index is 1.10. The third-order valence-corrected chi connectivity index (χ3v) is 8.79. The smallest absolute Gasteiger partial charge is 0.148 e. The summed E-state index contributed by atoms with van der Waals surface area (Å²) >= 11 is 0. The monoisotopic (exact) mass is 286 g/mol. The first-order chi connectivity index (χ1) is 9.79. The largest absolute Gasteiger partial charge is 0.171 e. The van der Waals surface area contributed by atoms with Gasteiger partial charge in [0.25, 0.3) is 0 Å². The van der Waals surface area contributed by atoms with Crippen molar-refractivity contribution < 1.29 is 0 Å². The van der Waals surface area contributed by atoms with Gasteiger partial charge in [0.1, 0.15) is 18.0 Å². The van der Waals surface area contributed by atoms with Gasteiger partial charge in [-0.25, -0.2) is 0 Å². The zero-order valence-corrected chi connectivity index (χ0v) is 13.7. The zero-order chi connectivity index (χ0) is 14.4. The van der Waals surface area contributed by atoms with Crippen molar-refractivity contribution >= 4 is 18.0 Å². The first kappa shape index (κ1) is 15.2. The van der Waals surface area contributed by atoms with Crippen molar-refractivity contribution in [2.24, 2.45) is 0 Å². The highest BCUT2D eigenvalue weighted by molar-refractivity contribution is 7.87. The van der Waals surface area contributed by atoms with Gasteiger partial charge in [-0.05, 0) is 45.0 Å². The topological polar surface area (TPSA) is 3.24 Å². The highest BCUT2D eigenvalue weighted by atomic mass is 31.2. The molecule has 2 aromatic rings. The molecule has 0 radical (unpaired) electrons. The van der Waals surface area contributed by atoms with Crippen LogP contribution in [0.4, 0.5) is 0 Å². The van der Waals surface area contributed by atoms with Gasteiger partial charge in [0.05, 0.1) is 6.16 Å². The van der Waals surface area contributed by atoms with Crippen LogP contribution in [0.2, 0.25) is 0 Å². The van der Waals surface area contributed by atoms with Gasteiger partial charge < -0.3 is 0 Å². The number of hydrogen-bond donors (Lipinski definition) is 0. The molecule has 1 nitrogen and oxygen atoms in total. The highest BCUT2D eigenvalue weighted by Crippen LogP contribution is 2.58. The van der Waals surface area contributed by atoms with E-state index in [1.165, 1.54) is 16.8 Å². The Morgan fingerprint density at radius 1 is 0.700 bits per heavy atom. The van der Waals surface area contributed by atoms with Gasteiger partial charge in [-0.2, -0.15) is 4.67 Å². The third kappa shape index (κ3) is 2.66. The van der Waals surface area contributed by atoms with Gasteiger partial charge in [-0.3, -0.25) is 0 Å². The van der Waals surface area contributed by atoms with Crippen LogP contribution in [0, 0.1) is 0 Å². The van der Waals surface area contributed by atoms with E-state index in [1.807, 2.05) is 0 Å². The molecular weight excluding hydrogens is 261 g/mol. The summed E-state index contributed by atoms with van der Waals surface area (Å²) in [6.45, 7) is 9.09. The molecule has 106 valence electrons. The predicted octanol–water partition coefficient (Wildman–Crippen LogP) is 3.93. The second kappa shape index (κ2) is 7.02. The van der Waals surface area contributed by atoms with Crippen molar-refractivity contribution in [2.75, 3.05) is 19.3 Å². The molecule has 0 aliphatic rings. The molecule has 20 heavy (non-hydrogen) atoms. The van der Waals surface area contributed by atoms with E-state index in [0.717, 1.165) is 13.1 Å². The lowest BCUT2D eigenvalue weighted by molar-refractivity contribution is 0.504. The molecule has 0 unspecified atom stereocenters. The first-order valence-corrected chi connectivity index (χ1v) is 9.47. The summed E-state index contributed by atoms with van der Waals surface area (Å²) in [5.41, 5.74) is 0. The Bertz CT molecular complexity index is 466. The molecule has 0 saturated heterocycles. The summed E-state index contributed by atoms with van der Waals surface area (Å²) in [6, 6.07) is 22.1. The van der Waals surface area contributed by atoms with Crippen LogP contribution in [0.1, 0.15) is 20.8 Å². The van der Waals surface area contributed by atoms with Crippen molar-refractivity contribution in [2.45, 2.75) is 20.8 Å². The Balaban J connectivity index is 2.64. The molecule has 0 spiro atoms. The maximum absolute atomic E-state index is 2.68. The van der Waals surface area contributed by atoms with Crippen molar-refractivity contribution in [3.05, 3.63) is 60.7 Å². The molecule has 0 aliphatic carbocycles. The second-order valence-corrected chi connectivity index (χ2v) is 8.67. The predicted molar refractivity (Wildman–Crippen MR) is 92.5 cm³/mol. The Kier molecular flexibility index (Phi) is 5.34. The summed E-state index contributed by atoms with van der Waals surface area (Å²) < 4.78 is 2.68. The van der Waals surface area contributed by atoms with E-state index in [9.17, 15) is 0 Å². The first-order valence-electron chi connectivity index (χ1n) is 7.54. The molecule has 0 saturated carbocycles. The average Bonchev–Trinajstić information content (AvgIpc) is 2.54. The van der Waals surface area contributed by atoms with E-state index in [4.69, 9.17) is 0 Å². The summed E-state index contributed by atoms with van der Waals surface area (Å²) in [5.74, 6) is 0. The van der Waals surface area contributed by atoms with Gasteiger partial charge in [0.15, 0.2) is 0 Å². The van der Waals surface area contributed by atoms with Crippen molar-refractivity contribution in [3.8, 4) is 0 Å². The van der Waals surface area contributed by atoms with Gasteiger partial charge in [-0.1, -0.05) is 36.4 Å². The van der Waals surface area contributed by atoms with E-state index in [-0.39, 0.29) is 0 Å². The second-order valence-electron chi connectivity index (χ2n) is 4.90. The van der Waals surface area contributed by atoms with E-state index in [2.05, 4.69) is 86.1 Å². The molecule has 0 amide bonds. The Morgan fingerprint density at radius 2 is 1.10 bits per heavy atom. The molecule has 0 heterocycles. The van der Waals surface area contributed by atoms with Gasteiger partial charge >= 0.3 is 0 Å². The van der Waals surface area contributed by atoms with Crippen LogP contribution in [0.5, 0.6) is 0 Å². The van der Waals surface area contributed by atoms with E-state index >= 15 is 0 Å². The molecule has 0 bridgehead atoms. The summed E-state index contributed by atoms with van der Waals surface area (Å²) in [5, 5.41) is 3.00. The van der Waals surface area contributed by atoms with E-state index < -0.39 is 7.41 Å². The lowest BCUT2D eigenvalue weighted by atomic mass is 10.4. The standard InChI is InChI=1S/C18H25NP/c1-4-19(5-2)20(6-3,17-13-9-7-10-14-17)18-15-11-8-12-16-18/h7-16H,4-6H2,1-3H3/q+1. The SMILES string of the molecule is CCN(CC)[P+](CC)(c1ccccc1)c1ccccc1. The van der Waals surface area contributed by atoms with Crippen LogP contribution in [-0.2, 0) is 0 Å². The van der Waals surface area contributed by atoms with E-state index in [1.54, 1.807) is 0 Å². The average molecular weight is 286 g/mol. The van der Waals surface area contributed by atoms with Crippen LogP contribution in [0.25, 0.3) is 0 Å². The van der Waals surface area contributed by atoms with E-state index in [0.29, 0.717) is 0 Å². The Hall–Kier alpha value is -1.17. The zero-order valence-electron chi connectivity index (χ0n) is 12.8. The van der Waals surface area contributed by atoms with Crippen molar-refractivity contribution in [1.82, 2.24) is 4.67 Å². The quantitative estimate of drug-likeness (QED) is 0.727. The number of rotatable bonds is 6. The molecule has 0 aromatic heterocycles. The van der Waals surface area contributed by atoms with Gasteiger partial charge in [-0.15, -0.1) is 0 Å². The lowest BCUT2D eigenvalue weighted by Crippen LogP contribution is -2.38. The molecular formula is C18H25NP+. The van der Waals surface area contributed by atoms with Gasteiger partial charge in [0, 0.05) is 13.1 Å². The minimum atomic E-state index is -1.46. The maximum Gasteiger partial charge on any atom is 0.148 e. The van der Waals surface area contributed by atoms with Crippen LogP contribution in [-0.4, -0.2) is 23.9 Å². The summed E-state index contributed by atoms with van der Waals surface area (Å²) in [6.07, 6.45) is 1.18. The fourth-order valence-corrected chi connectivity index (χ4v) is 7.47. The summed E-state index contributed by atoms with van der Waals surface area (Å²) in [4.78, 5) is 0. The summed E-state index contributed by atoms with van der Waals surface area (Å²) in [7, 11) is -1.46. The molecule has 2 heteroatoms. The lowest BCUT2D eigenvalue weighted by Gasteiger charge is -2.35. The normalized spacial score (nSPS) is 11.8. The number of nitrogens with zero attached hydrogens (tertiary/aromatic N) is 1. The fraction of sp³-hybridized carbons (Fsp3) is 0.333. The van der Waals surface area contributed by atoms with Gasteiger partial charge in [0.2, 0.25) is 0 Å². The number of benzene rings is 2. The van der Waals surface area contributed by atoms with Crippen LogP contribution >= 0.6 is 7.41 Å². The fourth-order valence-electron chi connectivity index (χ4n) is 3.10.